The summed E-state index contributed by atoms with van der Waals surface area (Å²) in [4.78, 5) is 7.88. The molecule has 2 unspecified atom stereocenters. The molecular weight excluding hydrogens is 283 g/mol. The first-order valence-corrected chi connectivity index (χ1v) is 7.84. The van der Waals surface area contributed by atoms with E-state index in [0.717, 1.165) is 24.4 Å². The van der Waals surface area contributed by atoms with Crippen molar-refractivity contribution >= 4 is 0 Å². The van der Waals surface area contributed by atoms with Gasteiger partial charge in [0.05, 0.1) is 6.10 Å². The Morgan fingerprint density at radius 2 is 2.14 bits per heavy atom. The fourth-order valence-corrected chi connectivity index (χ4v) is 3.36. The first-order valence-electron chi connectivity index (χ1n) is 7.84. The van der Waals surface area contributed by atoms with E-state index in [4.69, 9.17) is 4.74 Å². The summed E-state index contributed by atoms with van der Waals surface area (Å²) >= 11 is 0. The number of alkyl halides is 1. The highest BCUT2D eigenvalue weighted by Crippen LogP contribution is 2.39. The number of ether oxygens (including phenoxy) is 1. The normalized spacial score (nSPS) is 35.4. The Labute approximate surface area is 130 Å². The number of nitrogens with zero attached hydrogens (tertiary/aromatic N) is 1. The van der Waals surface area contributed by atoms with Gasteiger partial charge in [-0.25, -0.2) is 9.37 Å². The molecule has 0 radical (unpaired) electrons. The number of halogens is 1. The lowest BCUT2D eigenvalue weighted by atomic mass is 9.81. The number of hydrogen-bond acceptors (Lipinski definition) is 3. The van der Waals surface area contributed by atoms with Crippen LogP contribution >= 0.6 is 0 Å². The van der Waals surface area contributed by atoms with Crippen LogP contribution in [0.3, 0.4) is 0 Å². The maximum Gasteiger partial charge on any atom is 0.113 e. The molecule has 2 atom stereocenters. The topological polar surface area (TPSA) is 58.1 Å². The van der Waals surface area contributed by atoms with Crippen LogP contribution in [0.25, 0.3) is 0 Å². The third-order valence-electron chi connectivity index (χ3n) is 4.82. The van der Waals surface area contributed by atoms with Gasteiger partial charge in [-0.2, -0.15) is 0 Å². The van der Waals surface area contributed by atoms with Gasteiger partial charge in [-0.05, 0) is 44.8 Å². The molecule has 5 heteroatoms. The predicted molar refractivity (Wildman–Crippen MR) is 82.7 cm³/mol. The SMILES string of the molecule is COC1C=C(O)C=CC1c1cnc(C2CCC(C)(F)CC2)[nH]1. The van der Waals surface area contributed by atoms with Gasteiger partial charge in [0.15, 0.2) is 0 Å². The van der Waals surface area contributed by atoms with Crippen LogP contribution in [0.1, 0.15) is 56.0 Å². The smallest absolute Gasteiger partial charge is 0.113 e. The highest BCUT2D eigenvalue weighted by Gasteiger charge is 2.33. The average molecular weight is 306 g/mol. The minimum absolute atomic E-state index is 0.0113. The highest BCUT2D eigenvalue weighted by molar-refractivity contribution is 5.30. The minimum Gasteiger partial charge on any atom is -0.508 e. The maximum atomic E-state index is 13.9. The van der Waals surface area contributed by atoms with E-state index in [-0.39, 0.29) is 17.8 Å². The second-order valence-electron chi connectivity index (χ2n) is 6.59. The summed E-state index contributed by atoms with van der Waals surface area (Å²) in [5.74, 6) is 1.47. The molecule has 2 N–H and O–H groups in total. The molecule has 1 heterocycles. The van der Waals surface area contributed by atoms with E-state index in [0.29, 0.717) is 18.8 Å². The second-order valence-corrected chi connectivity index (χ2v) is 6.59. The van der Waals surface area contributed by atoms with Gasteiger partial charge in [-0.1, -0.05) is 6.08 Å². The van der Waals surface area contributed by atoms with Crippen molar-refractivity contribution in [1.82, 2.24) is 9.97 Å². The lowest BCUT2D eigenvalue weighted by Crippen LogP contribution is -2.25. The summed E-state index contributed by atoms with van der Waals surface area (Å²) < 4.78 is 19.3. The molecular formula is C17H23FN2O2. The van der Waals surface area contributed by atoms with Crippen molar-refractivity contribution in [3.8, 4) is 0 Å². The van der Waals surface area contributed by atoms with Crippen LogP contribution in [-0.2, 0) is 4.74 Å². The van der Waals surface area contributed by atoms with Crippen LogP contribution in [0.4, 0.5) is 4.39 Å². The van der Waals surface area contributed by atoms with Gasteiger partial charge in [0.1, 0.15) is 17.3 Å². The number of nitrogens with one attached hydrogen (secondary N) is 1. The number of aromatic nitrogens is 2. The van der Waals surface area contributed by atoms with Crippen LogP contribution in [0.5, 0.6) is 0 Å². The third-order valence-corrected chi connectivity index (χ3v) is 4.82. The van der Waals surface area contributed by atoms with Gasteiger partial charge in [-0.15, -0.1) is 0 Å². The molecule has 0 aromatic carbocycles. The maximum absolute atomic E-state index is 13.9. The molecule has 0 spiro atoms. The van der Waals surface area contributed by atoms with E-state index in [1.165, 1.54) is 0 Å². The molecule has 1 aromatic heterocycles. The Balaban J connectivity index is 1.73. The summed E-state index contributed by atoms with van der Waals surface area (Å²) in [5, 5.41) is 9.57. The average Bonchev–Trinajstić information content (AvgIpc) is 2.96. The minimum atomic E-state index is -1.03. The largest absolute Gasteiger partial charge is 0.508 e. The van der Waals surface area contributed by atoms with Crippen LogP contribution < -0.4 is 0 Å². The van der Waals surface area contributed by atoms with Crippen molar-refractivity contribution < 1.29 is 14.2 Å². The fraction of sp³-hybridized carbons (Fsp3) is 0.588. The van der Waals surface area contributed by atoms with Crippen molar-refractivity contribution in [3.63, 3.8) is 0 Å². The van der Waals surface area contributed by atoms with Gasteiger partial charge in [-0.3, -0.25) is 0 Å². The van der Waals surface area contributed by atoms with E-state index in [1.807, 2.05) is 12.3 Å². The lowest BCUT2D eigenvalue weighted by molar-refractivity contribution is 0.118. The van der Waals surface area contributed by atoms with Gasteiger partial charge in [0, 0.05) is 30.8 Å². The molecule has 1 fully saturated rings. The van der Waals surface area contributed by atoms with Crippen LogP contribution in [-0.4, -0.2) is 34.0 Å². The standard InChI is InChI=1S/C17H23FN2O2/c1-17(18)7-5-11(6-8-17)16-19-10-14(20-16)13-4-3-12(21)9-15(13)22-2/h3-4,9-11,13,15,21H,5-8H2,1-2H3,(H,19,20). The monoisotopic (exact) mass is 306 g/mol. The zero-order valence-corrected chi connectivity index (χ0v) is 13.1. The molecule has 2 aliphatic carbocycles. The van der Waals surface area contributed by atoms with Crippen molar-refractivity contribution in [2.45, 2.75) is 56.2 Å². The van der Waals surface area contributed by atoms with E-state index in [2.05, 4.69) is 9.97 Å². The quantitative estimate of drug-likeness (QED) is 0.890. The summed E-state index contributed by atoms with van der Waals surface area (Å²) in [6, 6.07) is 0. The molecule has 22 heavy (non-hydrogen) atoms. The number of H-pyrrole nitrogens is 1. The van der Waals surface area contributed by atoms with Crippen LogP contribution in [0, 0.1) is 0 Å². The molecule has 0 aliphatic heterocycles. The number of aliphatic hydroxyl groups is 1. The highest BCUT2D eigenvalue weighted by atomic mass is 19.1. The van der Waals surface area contributed by atoms with Gasteiger partial charge in [0.25, 0.3) is 0 Å². The summed E-state index contributed by atoms with van der Waals surface area (Å²) in [6.45, 7) is 1.69. The Hall–Kier alpha value is -1.62. The molecule has 2 aliphatic rings. The molecule has 0 saturated heterocycles. The van der Waals surface area contributed by atoms with E-state index in [1.54, 1.807) is 26.2 Å². The number of allylic oxidation sites excluding steroid dienone is 1. The summed E-state index contributed by atoms with van der Waals surface area (Å²) in [5.41, 5.74) is -0.0583. The van der Waals surface area contributed by atoms with Gasteiger partial charge in [0.2, 0.25) is 0 Å². The first-order chi connectivity index (χ1) is 10.5. The van der Waals surface area contributed by atoms with E-state index in [9.17, 15) is 9.50 Å². The lowest BCUT2D eigenvalue weighted by Gasteiger charge is -2.30. The first kappa shape index (κ1) is 15.3. The molecule has 120 valence electrons. The number of aromatic amines is 1. The summed E-state index contributed by atoms with van der Waals surface area (Å²) in [7, 11) is 1.63. The number of aliphatic hydroxyl groups excluding tert-OH is 1. The van der Waals surface area contributed by atoms with Crippen LogP contribution in [0.15, 0.2) is 30.2 Å². The molecule has 0 bridgehead atoms. The van der Waals surface area contributed by atoms with E-state index < -0.39 is 5.67 Å². The van der Waals surface area contributed by atoms with Gasteiger partial charge < -0.3 is 14.8 Å². The molecule has 0 amide bonds. The fourth-order valence-electron chi connectivity index (χ4n) is 3.36. The molecule has 4 nitrogen and oxygen atoms in total. The number of hydrogen-bond donors (Lipinski definition) is 2. The number of methoxy groups -OCH3 is 1. The molecule has 1 aromatic rings. The third kappa shape index (κ3) is 3.09. The second kappa shape index (κ2) is 5.88. The molecule has 3 rings (SSSR count). The Kier molecular flexibility index (Phi) is 4.08. The zero-order valence-electron chi connectivity index (χ0n) is 13.1. The van der Waals surface area contributed by atoms with E-state index >= 15 is 0 Å². The van der Waals surface area contributed by atoms with Crippen molar-refractivity contribution in [1.29, 1.82) is 0 Å². The Bertz CT molecular complexity index is 581. The Morgan fingerprint density at radius 3 is 2.82 bits per heavy atom. The predicted octanol–water partition coefficient (Wildman–Crippen LogP) is 3.91. The van der Waals surface area contributed by atoms with Gasteiger partial charge >= 0.3 is 0 Å². The van der Waals surface area contributed by atoms with Crippen molar-refractivity contribution in [2.75, 3.05) is 7.11 Å². The van der Waals surface area contributed by atoms with Crippen LogP contribution in [0.2, 0.25) is 0 Å². The number of rotatable bonds is 3. The zero-order chi connectivity index (χ0) is 15.7. The molecule has 1 saturated carbocycles. The van der Waals surface area contributed by atoms with Crippen molar-refractivity contribution in [3.05, 3.63) is 41.7 Å². The Morgan fingerprint density at radius 1 is 1.41 bits per heavy atom. The summed E-state index contributed by atoms with van der Waals surface area (Å²) in [6.07, 6.45) is 9.75. The number of imidazole rings is 1. The van der Waals surface area contributed by atoms with Crippen molar-refractivity contribution in [2.24, 2.45) is 0 Å².